The Morgan fingerprint density at radius 3 is 2.29 bits per heavy atom. The topological polar surface area (TPSA) is 0 Å². The van der Waals surface area contributed by atoms with Crippen LogP contribution in [-0.4, -0.2) is 0 Å². The average molecular weight is 327 g/mol. The number of unbranched alkanes of at least 4 members (excludes halogenated alkanes) is 2. The SMILES string of the molecule is C=CC(=CCCCC)C(=CC)C(=CC(=C)C)CC1(CC)CCCC1. The van der Waals surface area contributed by atoms with Gasteiger partial charge in [0.25, 0.3) is 0 Å². The van der Waals surface area contributed by atoms with Crippen LogP contribution in [0.15, 0.2) is 59.8 Å². The molecule has 0 aromatic heterocycles. The van der Waals surface area contributed by atoms with Gasteiger partial charge in [0.15, 0.2) is 0 Å². The van der Waals surface area contributed by atoms with Crippen LogP contribution in [0.25, 0.3) is 0 Å². The molecule has 0 bridgehead atoms. The number of rotatable bonds is 10. The lowest BCUT2D eigenvalue weighted by molar-refractivity contribution is 0.283. The normalized spacial score (nSPS) is 18.8. The van der Waals surface area contributed by atoms with Gasteiger partial charge in [0.1, 0.15) is 0 Å². The summed E-state index contributed by atoms with van der Waals surface area (Å²) < 4.78 is 0. The molecule has 0 heteroatoms. The molecule has 0 aromatic rings. The van der Waals surface area contributed by atoms with Crippen molar-refractivity contribution >= 4 is 0 Å². The molecule has 0 nitrogen and oxygen atoms in total. The Kier molecular flexibility index (Phi) is 9.11. The third kappa shape index (κ3) is 5.96. The Hall–Kier alpha value is -1.30. The van der Waals surface area contributed by atoms with Gasteiger partial charge in [-0.15, -0.1) is 0 Å². The van der Waals surface area contributed by atoms with Gasteiger partial charge in [-0.05, 0) is 61.7 Å². The van der Waals surface area contributed by atoms with Gasteiger partial charge in [-0.2, -0.15) is 0 Å². The number of hydrogen-bond acceptors (Lipinski definition) is 0. The minimum absolute atomic E-state index is 0.491. The maximum absolute atomic E-state index is 4.15. The van der Waals surface area contributed by atoms with E-state index in [-0.39, 0.29) is 0 Å². The Morgan fingerprint density at radius 1 is 1.17 bits per heavy atom. The largest absolute Gasteiger partial charge is 0.0985 e. The third-order valence-corrected chi connectivity index (χ3v) is 5.49. The Labute approximate surface area is 151 Å². The van der Waals surface area contributed by atoms with Crippen molar-refractivity contribution in [3.05, 3.63) is 59.8 Å². The summed E-state index contributed by atoms with van der Waals surface area (Å²) in [4.78, 5) is 0. The first-order chi connectivity index (χ1) is 11.5. The van der Waals surface area contributed by atoms with E-state index in [4.69, 9.17) is 0 Å². The van der Waals surface area contributed by atoms with E-state index >= 15 is 0 Å². The maximum atomic E-state index is 4.15. The maximum Gasteiger partial charge on any atom is -0.0198 e. The molecular weight excluding hydrogens is 288 g/mol. The van der Waals surface area contributed by atoms with Crippen LogP contribution in [0.4, 0.5) is 0 Å². The average Bonchev–Trinajstić information content (AvgIpc) is 3.02. The first kappa shape index (κ1) is 20.7. The zero-order chi connectivity index (χ0) is 18.0. The van der Waals surface area contributed by atoms with Crippen molar-refractivity contribution in [3.63, 3.8) is 0 Å². The van der Waals surface area contributed by atoms with E-state index in [0.717, 1.165) is 12.0 Å². The first-order valence-electron chi connectivity index (χ1n) is 9.87. The molecule has 1 rings (SSSR count). The fraction of sp³-hybridized carbons (Fsp3) is 0.583. The molecule has 1 aliphatic carbocycles. The molecule has 1 aliphatic rings. The van der Waals surface area contributed by atoms with E-state index < -0.39 is 0 Å². The van der Waals surface area contributed by atoms with Gasteiger partial charge in [0.05, 0.1) is 0 Å². The van der Waals surface area contributed by atoms with Crippen molar-refractivity contribution in [2.45, 2.75) is 85.5 Å². The van der Waals surface area contributed by atoms with Gasteiger partial charge >= 0.3 is 0 Å². The molecule has 0 radical (unpaired) electrons. The minimum atomic E-state index is 0.491. The highest BCUT2D eigenvalue weighted by molar-refractivity contribution is 5.53. The summed E-state index contributed by atoms with van der Waals surface area (Å²) in [7, 11) is 0. The molecule has 0 aliphatic heterocycles. The molecule has 0 heterocycles. The highest BCUT2D eigenvalue weighted by atomic mass is 14.4. The summed E-state index contributed by atoms with van der Waals surface area (Å²) in [6, 6.07) is 0. The molecule has 0 aromatic carbocycles. The molecule has 134 valence electrons. The monoisotopic (exact) mass is 326 g/mol. The van der Waals surface area contributed by atoms with Crippen molar-refractivity contribution in [1.82, 2.24) is 0 Å². The fourth-order valence-corrected chi connectivity index (χ4v) is 4.01. The molecule has 0 unspecified atom stereocenters. The molecule has 0 amide bonds. The molecule has 1 saturated carbocycles. The summed E-state index contributed by atoms with van der Waals surface area (Å²) in [6.07, 6.45) is 20.6. The lowest BCUT2D eigenvalue weighted by Gasteiger charge is -2.30. The molecule has 24 heavy (non-hydrogen) atoms. The van der Waals surface area contributed by atoms with Crippen LogP contribution in [0.1, 0.15) is 85.5 Å². The summed E-state index contributed by atoms with van der Waals surface area (Å²) >= 11 is 0. The molecule has 0 N–H and O–H groups in total. The van der Waals surface area contributed by atoms with E-state index in [1.165, 1.54) is 68.1 Å². The summed E-state index contributed by atoms with van der Waals surface area (Å²) in [6.45, 7) is 17.1. The number of allylic oxidation sites excluding steroid dienone is 8. The van der Waals surface area contributed by atoms with E-state index in [0.29, 0.717) is 5.41 Å². The number of hydrogen-bond donors (Lipinski definition) is 0. The van der Waals surface area contributed by atoms with Crippen LogP contribution in [-0.2, 0) is 0 Å². The molecule has 0 spiro atoms. The van der Waals surface area contributed by atoms with Gasteiger partial charge in [-0.1, -0.05) is 89.0 Å². The second-order valence-electron chi connectivity index (χ2n) is 7.46. The van der Waals surface area contributed by atoms with Crippen LogP contribution >= 0.6 is 0 Å². The van der Waals surface area contributed by atoms with Crippen molar-refractivity contribution in [1.29, 1.82) is 0 Å². The van der Waals surface area contributed by atoms with Crippen LogP contribution in [0.2, 0.25) is 0 Å². The zero-order valence-corrected chi connectivity index (χ0v) is 16.6. The minimum Gasteiger partial charge on any atom is -0.0985 e. The van der Waals surface area contributed by atoms with Crippen LogP contribution in [0.5, 0.6) is 0 Å². The van der Waals surface area contributed by atoms with Crippen molar-refractivity contribution in [2.75, 3.05) is 0 Å². The van der Waals surface area contributed by atoms with Crippen molar-refractivity contribution < 1.29 is 0 Å². The standard InChI is InChI=1S/C24H38/c1-7-11-12-15-21(8-2)23(9-3)22(18-20(5)6)19-24(10-4)16-13-14-17-24/h8-9,15,18H,2,5,7,10-14,16-17,19H2,1,3-4,6H3. The Bertz CT molecular complexity index is 504. The summed E-state index contributed by atoms with van der Waals surface area (Å²) in [5.74, 6) is 0. The first-order valence-corrected chi connectivity index (χ1v) is 9.87. The van der Waals surface area contributed by atoms with Gasteiger partial charge < -0.3 is 0 Å². The second kappa shape index (κ2) is 10.5. The smallest absolute Gasteiger partial charge is 0.0198 e. The van der Waals surface area contributed by atoms with Crippen LogP contribution < -0.4 is 0 Å². The predicted octanol–water partition coefficient (Wildman–Crippen LogP) is 8.10. The molecular formula is C24H38. The highest BCUT2D eigenvalue weighted by Crippen LogP contribution is 2.47. The van der Waals surface area contributed by atoms with Crippen LogP contribution in [0.3, 0.4) is 0 Å². The van der Waals surface area contributed by atoms with Gasteiger partial charge in [0.2, 0.25) is 0 Å². The summed E-state index contributed by atoms with van der Waals surface area (Å²) in [5.41, 5.74) is 5.75. The second-order valence-corrected chi connectivity index (χ2v) is 7.46. The fourth-order valence-electron chi connectivity index (χ4n) is 4.01. The Morgan fingerprint density at radius 2 is 1.83 bits per heavy atom. The van der Waals surface area contributed by atoms with Gasteiger partial charge in [0, 0.05) is 0 Å². The van der Waals surface area contributed by atoms with E-state index in [9.17, 15) is 0 Å². The third-order valence-electron chi connectivity index (χ3n) is 5.49. The van der Waals surface area contributed by atoms with Crippen molar-refractivity contribution in [3.8, 4) is 0 Å². The molecule has 0 atom stereocenters. The molecule has 0 saturated heterocycles. The Balaban J connectivity index is 3.14. The highest BCUT2D eigenvalue weighted by Gasteiger charge is 2.33. The van der Waals surface area contributed by atoms with Gasteiger partial charge in [-0.3, -0.25) is 0 Å². The van der Waals surface area contributed by atoms with Gasteiger partial charge in [-0.25, -0.2) is 0 Å². The lowest BCUT2D eigenvalue weighted by Crippen LogP contribution is -2.17. The summed E-state index contributed by atoms with van der Waals surface area (Å²) in [5, 5.41) is 0. The van der Waals surface area contributed by atoms with Crippen LogP contribution in [0, 0.1) is 5.41 Å². The van der Waals surface area contributed by atoms with Crippen molar-refractivity contribution in [2.24, 2.45) is 5.41 Å². The van der Waals surface area contributed by atoms with E-state index in [1.807, 2.05) is 6.08 Å². The lowest BCUT2D eigenvalue weighted by atomic mass is 9.75. The quantitative estimate of drug-likeness (QED) is 0.281. The van der Waals surface area contributed by atoms with E-state index in [2.05, 4.69) is 59.1 Å². The predicted molar refractivity (Wildman–Crippen MR) is 110 cm³/mol. The molecule has 1 fully saturated rings. The van der Waals surface area contributed by atoms with E-state index in [1.54, 1.807) is 0 Å². The zero-order valence-electron chi connectivity index (χ0n) is 16.6.